The summed E-state index contributed by atoms with van der Waals surface area (Å²) in [6.07, 6.45) is 2.52. The molecule has 0 radical (unpaired) electrons. The predicted molar refractivity (Wildman–Crippen MR) is 94.6 cm³/mol. The van der Waals surface area contributed by atoms with Crippen molar-refractivity contribution in [2.75, 3.05) is 6.61 Å². The lowest BCUT2D eigenvalue weighted by atomic mass is 10.1. The minimum atomic E-state index is -0.406. The Morgan fingerprint density at radius 1 is 1.44 bits per heavy atom. The van der Waals surface area contributed by atoms with Crippen LogP contribution in [0.1, 0.15) is 35.3 Å². The molecule has 0 saturated heterocycles. The van der Waals surface area contributed by atoms with E-state index in [-0.39, 0.29) is 11.9 Å². The number of phenolic OH excluding ortho intramolecular Hbond substituents is 1. The van der Waals surface area contributed by atoms with E-state index < -0.39 is 5.91 Å². The predicted octanol–water partition coefficient (Wildman–Crippen LogP) is 2.88. The maximum atomic E-state index is 12.0. The van der Waals surface area contributed by atoms with Crippen LogP contribution in [0.4, 0.5) is 0 Å². The number of aromatic hydroxyl groups is 1. The van der Waals surface area contributed by atoms with Crippen molar-refractivity contribution < 1.29 is 19.4 Å². The second kappa shape index (κ2) is 7.25. The Bertz CT molecular complexity index is 817. The molecule has 0 aromatic heterocycles. The van der Waals surface area contributed by atoms with Crippen molar-refractivity contribution in [3.05, 3.63) is 53.1 Å². The Hall–Kier alpha value is -3.02. The van der Waals surface area contributed by atoms with Crippen LogP contribution in [-0.4, -0.2) is 29.9 Å². The first-order valence-corrected chi connectivity index (χ1v) is 8.15. The molecule has 2 N–H and O–H groups in total. The van der Waals surface area contributed by atoms with Gasteiger partial charge in [-0.25, -0.2) is 5.43 Å². The van der Waals surface area contributed by atoms with Crippen LogP contribution >= 0.6 is 0 Å². The number of benzene rings is 2. The molecule has 25 heavy (non-hydrogen) atoms. The largest absolute Gasteiger partial charge is 0.508 e. The number of carbonyl (C=O) groups excluding carboxylic acids is 1. The van der Waals surface area contributed by atoms with Gasteiger partial charge in [-0.05, 0) is 44.2 Å². The highest BCUT2D eigenvalue weighted by atomic mass is 16.5. The molecule has 0 bridgehead atoms. The fourth-order valence-corrected chi connectivity index (χ4v) is 2.71. The lowest BCUT2D eigenvalue weighted by molar-refractivity contribution is 0.0954. The maximum absolute atomic E-state index is 12.0. The van der Waals surface area contributed by atoms with Gasteiger partial charge in [-0.15, -0.1) is 0 Å². The quantitative estimate of drug-likeness (QED) is 0.648. The fraction of sp³-hybridized carbons (Fsp3) is 0.263. The van der Waals surface area contributed by atoms with Gasteiger partial charge in [0.15, 0.2) is 0 Å². The second-order valence-corrected chi connectivity index (χ2v) is 5.81. The summed E-state index contributed by atoms with van der Waals surface area (Å²) in [5.74, 6) is 1.14. The van der Waals surface area contributed by atoms with Crippen molar-refractivity contribution in [1.82, 2.24) is 5.43 Å². The van der Waals surface area contributed by atoms with Crippen LogP contribution in [0.15, 0.2) is 41.5 Å². The lowest BCUT2D eigenvalue weighted by Crippen LogP contribution is -2.17. The van der Waals surface area contributed by atoms with E-state index >= 15 is 0 Å². The first kappa shape index (κ1) is 16.8. The van der Waals surface area contributed by atoms with Crippen LogP contribution in [0.2, 0.25) is 0 Å². The van der Waals surface area contributed by atoms with E-state index in [4.69, 9.17) is 9.47 Å². The second-order valence-electron chi connectivity index (χ2n) is 5.81. The summed E-state index contributed by atoms with van der Waals surface area (Å²) in [5.41, 5.74) is 4.61. The number of ether oxygens (including phenoxy) is 2. The molecule has 1 aliphatic heterocycles. The minimum Gasteiger partial charge on any atom is -0.508 e. The molecule has 0 fully saturated rings. The van der Waals surface area contributed by atoms with Crippen molar-refractivity contribution in [3.8, 4) is 17.2 Å². The summed E-state index contributed by atoms with van der Waals surface area (Å²) < 4.78 is 11.4. The average Bonchev–Trinajstić information content (AvgIpc) is 2.94. The van der Waals surface area contributed by atoms with Crippen LogP contribution < -0.4 is 14.9 Å². The zero-order valence-electron chi connectivity index (χ0n) is 14.2. The SMILES string of the molecule is CCOc1cc2c(cc1/C=N\NC(=O)c1cccc(O)c1)O[C@@H](C)C2. The molecule has 1 heterocycles. The van der Waals surface area contributed by atoms with Crippen LogP contribution in [0.5, 0.6) is 17.2 Å². The molecule has 3 rings (SSSR count). The monoisotopic (exact) mass is 340 g/mol. The molecule has 0 unspecified atom stereocenters. The van der Waals surface area contributed by atoms with Gasteiger partial charge < -0.3 is 14.6 Å². The highest BCUT2D eigenvalue weighted by molar-refractivity contribution is 5.95. The van der Waals surface area contributed by atoms with Crippen LogP contribution in [0, 0.1) is 0 Å². The zero-order chi connectivity index (χ0) is 17.8. The Balaban J connectivity index is 1.76. The molecule has 0 aliphatic carbocycles. The van der Waals surface area contributed by atoms with Gasteiger partial charge in [-0.3, -0.25) is 4.79 Å². The molecule has 1 aliphatic rings. The molecule has 6 nitrogen and oxygen atoms in total. The first-order chi connectivity index (χ1) is 12.1. The summed E-state index contributed by atoms with van der Waals surface area (Å²) in [7, 11) is 0. The maximum Gasteiger partial charge on any atom is 0.271 e. The molecule has 0 spiro atoms. The Labute approximate surface area is 146 Å². The van der Waals surface area contributed by atoms with Crippen molar-refractivity contribution in [1.29, 1.82) is 0 Å². The number of hydrazone groups is 1. The fourth-order valence-electron chi connectivity index (χ4n) is 2.71. The molecule has 1 atom stereocenters. The molecule has 6 heteroatoms. The van der Waals surface area contributed by atoms with Gasteiger partial charge in [-0.1, -0.05) is 6.07 Å². The third-order valence-corrected chi connectivity index (χ3v) is 3.81. The lowest BCUT2D eigenvalue weighted by Gasteiger charge is -2.09. The van der Waals surface area contributed by atoms with Gasteiger partial charge in [0.25, 0.3) is 5.91 Å². The van der Waals surface area contributed by atoms with E-state index in [9.17, 15) is 9.90 Å². The number of rotatable bonds is 5. The molecule has 1 amide bonds. The molecular weight excluding hydrogens is 320 g/mol. The van der Waals surface area contributed by atoms with Gasteiger partial charge in [0.2, 0.25) is 0 Å². The van der Waals surface area contributed by atoms with Gasteiger partial charge >= 0.3 is 0 Å². The molecular formula is C19H20N2O4. The van der Waals surface area contributed by atoms with Crippen LogP contribution in [-0.2, 0) is 6.42 Å². The van der Waals surface area contributed by atoms with E-state index in [1.54, 1.807) is 12.1 Å². The molecule has 130 valence electrons. The Kier molecular flexibility index (Phi) is 4.88. The highest BCUT2D eigenvalue weighted by Crippen LogP contribution is 2.34. The standard InChI is InChI=1S/C19H20N2O4/c1-3-24-17-9-14-7-12(2)25-18(14)10-15(17)11-20-21-19(23)13-5-4-6-16(22)8-13/h4-6,8-12,22H,3,7H2,1-2H3,(H,21,23)/b20-11-/t12-/m0/s1. The molecule has 2 aromatic carbocycles. The highest BCUT2D eigenvalue weighted by Gasteiger charge is 2.21. The van der Waals surface area contributed by atoms with Gasteiger partial charge in [-0.2, -0.15) is 5.10 Å². The van der Waals surface area contributed by atoms with E-state index in [2.05, 4.69) is 10.5 Å². The smallest absolute Gasteiger partial charge is 0.271 e. The number of hydrogen-bond donors (Lipinski definition) is 2. The number of nitrogens with zero attached hydrogens (tertiary/aromatic N) is 1. The summed E-state index contributed by atoms with van der Waals surface area (Å²) in [6.45, 7) is 4.46. The normalized spacial score (nSPS) is 15.7. The van der Waals surface area contributed by atoms with Crippen molar-refractivity contribution in [2.24, 2.45) is 5.10 Å². The first-order valence-electron chi connectivity index (χ1n) is 8.15. The third-order valence-electron chi connectivity index (χ3n) is 3.81. The number of carbonyl (C=O) groups is 1. The van der Waals surface area contributed by atoms with Crippen molar-refractivity contribution >= 4 is 12.1 Å². The van der Waals surface area contributed by atoms with Crippen molar-refractivity contribution in [2.45, 2.75) is 26.4 Å². The van der Waals surface area contributed by atoms with Gasteiger partial charge in [0, 0.05) is 23.1 Å². The Morgan fingerprint density at radius 3 is 3.04 bits per heavy atom. The summed E-state index contributed by atoms with van der Waals surface area (Å²) in [4.78, 5) is 12.0. The summed E-state index contributed by atoms with van der Waals surface area (Å²) >= 11 is 0. The summed E-state index contributed by atoms with van der Waals surface area (Å²) in [6, 6.07) is 9.90. The van der Waals surface area contributed by atoms with E-state index in [0.717, 1.165) is 23.3 Å². The average molecular weight is 340 g/mol. The third kappa shape index (κ3) is 3.91. The molecule has 0 saturated carbocycles. The van der Waals surface area contributed by atoms with Crippen LogP contribution in [0.25, 0.3) is 0 Å². The topological polar surface area (TPSA) is 80.2 Å². The number of phenols is 1. The van der Waals surface area contributed by atoms with Gasteiger partial charge in [0.05, 0.1) is 12.8 Å². The van der Waals surface area contributed by atoms with Crippen molar-refractivity contribution in [3.63, 3.8) is 0 Å². The number of fused-ring (bicyclic) bond motifs is 1. The van der Waals surface area contributed by atoms with E-state index in [1.807, 2.05) is 26.0 Å². The summed E-state index contributed by atoms with van der Waals surface area (Å²) in [5, 5.41) is 13.4. The number of hydrogen-bond acceptors (Lipinski definition) is 5. The van der Waals surface area contributed by atoms with Crippen LogP contribution in [0.3, 0.4) is 0 Å². The van der Waals surface area contributed by atoms with E-state index in [1.165, 1.54) is 18.3 Å². The van der Waals surface area contributed by atoms with Gasteiger partial charge in [0.1, 0.15) is 23.4 Å². The Morgan fingerprint density at radius 2 is 2.28 bits per heavy atom. The number of amides is 1. The molecule has 2 aromatic rings. The minimum absolute atomic E-state index is 0.0279. The van der Waals surface area contributed by atoms with E-state index in [0.29, 0.717) is 17.9 Å². The zero-order valence-corrected chi connectivity index (χ0v) is 14.2. The number of nitrogens with one attached hydrogen (secondary N) is 1.